The van der Waals surface area contributed by atoms with Crippen LogP contribution in [-0.2, 0) is 0 Å². The summed E-state index contributed by atoms with van der Waals surface area (Å²) in [6, 6.07) is 8.89. The molecular weight excluding hydrogens is 300 g/mol. The van der Waals surface area contributed by atoms with E-state index in [1.165, 1.54) is 47.8 Å². The maximum absolute atomic E-state index is 3.57. The highest BCUT2D eigenvalue weighted by Crippen LogP contribution is 2.39. The molecule has 2 fully saturated rings. The molecule has 0 amide bonds. The zero-order valence-electron chi connectivity index (χ0n) is 11.8. The highest BCUT2D eigenvalue weighted by Gasteiger charge is 2.38. The van der Waals surface area contributed by atoms with Crippen LogP contribution in [0.25, 0.3) is 0 Å². The summed E-state index contributed by atoms with van der Waals surface area (Å²) in [4.78, 5) is 2.72. The summed E-state index contributed by atoms with van der Waals surface area (Å²) in [5.74, 6) is 0. The van der Waals surface area contributed by atoms with E-state index >= 15 is 0 Å². The summed E-state index contributed by atoms with van der Waals surface area (Å²) in [5, 5.41) is 3.49. The van der Waals surface area contributed by atoms with Crippen LogP contribution in [0.1, 0.15) is 37.7 Å². The van der Waals surface area contributed by atoms with Crippen molar-refractivity contribution in [2.75, 3.05) is 11.9 Å². The van der Waals surface area contributed by atoms with Crippen molar-refractivity contribution in [3.8, 4) is 0 Å². The molecule has 2 saturated heterocycles. The minimum Gasteiger partial charge on any atom is -0.365 e. The van der Waals surface area contributed by atoms with Gasteiger partial charge in [-0.25, -0.2) is 0 Å². The fourth-order valence-electron chi connectivity index (χ4n) is 3.92. The second-order valence-corrected chi connectivity index (χ2v) is 6.95. The van der Waals surface area contributed by atoms with Crippen molar-refractivity contribution in [1.29, 1.82) is 0 Å². The van der Waals surface area contributed by atoms with E-state index in [2.05, 4.69) is 58.3 Å². The number of anilines is 1. The first-order chi connectivity index (χ1) is 9.19. The molecule has 2 aliphatic rings. The molecule has 2 bridgehead atoms. The minimum atomic E-state index is 0.710. The standard InChI is InChI=1S/C16H23BrN2/c1-11-8-12(17)6-7-16(11)19-14-4-3-5-15(19)10-13(9-14)18-2/h6-8,13-15,18H,3-5,9-10H2,1-2H3. The Bertz CT molecular complexity index is 446. The van der Waals surface area contributed by atoms with Gasteiger partial charge in [-0.2, -0.15) is 0 Å². The number of hydrogen-bond donors (Lipinski definition) is 1. The Hall–Kier alpha value is -0.540. The molecule has 2 aliphatic heterocycles. The van der Waals surface area contributed by atoms with Gasteiger partial charge < -0.3 is 10.2 Å². The normalized spacial score (nSPS) is 30.5. The smallest absolute Gasteiger partial charge is 0.0401 e. The summed E-state index contributed by atoms with van der Waals surface area (Å²) in [7, 11) is 2.11. The molecule has 1 aromatic carbocycles. The predicted molar refractivity (Wildman–Crippen MR) is 84.9 cm³/mol. The first-order valence-corrected chi connectivity index (χ1v) is 8.20. The van der Waals surface area contributed by atoms with Crippen molar-refractivity contribution in [3.05, 3.63) is 28.2 Å². The zero-order chi connectivity index (χ0) is 13.4. The molecule has 0 saturated carbocycles. The molecule has 19 heavy (non-hydrogen) atoms. The molecule has 104 valence electrons. The molecule has 2 nitrogen and oxygen atoms in total. The van der Waals surface area contributed by atoms with Gasteiger partial charge in [0.1, 0.15) is 0 Å². The first kappa shape index (κ1) is 13.4. The fraction of sp³-hybridized carbons (Fsp3) is 0.625. The average Bonchev–Trinajstić information content (AvgIpc) is 2.37. The molecule has 2 atom stereocenters. The summed E-state index contributed by atoms with van der Waals surface area (Å²) in [6.07, 6.45) is 6.69. The average molecular weight is 323 g/mol. The molecule has 0 radical (unpaired) electrons. The lowest BCUT2D eigenvalue weighted by Gasteiger charge is -2.50. The van der Waals surface area contributed by atoms with Crippen molar-refractivity contribution < 1.29 is 0 Å². The van der Waals surface area contributed by atoms with E-state index in [9.17, 15) is 0 Å². The van der Waals surface area contributed by atoms with Gasteiger partial charge in [-0.15, -0.1) is 0 Å². The van der Waals surface area contributed by atoms with Crippen LogP contribution in [0.3, 0.4) is 0 Å². The van der Waals surface area contributed by atoms with Crippen molar-refractivity contribution >= 4 is 21.6 Å². The van der Waals surface area contributed by atoms with E-state index in [-0.39, 0.29) is 0 Å². The molecule has 1 N–H and O–H groups in total. The number of hydrogen-bond acceptors (Lipinski definition) is 2. The Kier molecular flexibility index (Phi) is 3.86. The number of rotatable bonds is 2. The highest BCUT2D eigenvalue weighted by molar-refractivity contribution is 9.10. The predicted octanol–water partition coefficient (Wildman–Crippen LogP) is 3.87. The van der Waals surface area contributed by atoms with Crippen LogP contribution in [0.2, 0.25) is 0 Å². The number of aryl methyl sites for hydroxylation is 1. The van der Waals surface area contributed by atoms with E-state index in [0.717, 1.165) is 12.1 Å². The van der Waals surface area contributed by atoms with Crippen LogP contribution in [0.15, 0.2) is 22.7 Å². The summed E-state index contributed by atoms with van der Waals surface area (Å²) in [6.45, 7) is 2.24. The van der Waals surface area contributed by atoms with Gasteiger partial charge in [0.15, 0.2) is 0 Å². The van der Waals surface area contributed by atoms with E-state index in [1.807, 2.05) is 0 Å². The third kappa shape index (κ3) is 2.55. The lowest BCUT2D eigenvalue weighted by Crippen LogP contribution is -2.56. The van der Waals surface area contributed by atoms with Crippen molar-refractivity contribution in [3.63, 3.8) is 0 Å². The summed E-state index contributed by atoms with van der Waals surface area (Å²) < 4.78 is 1.18. The minimum absolute atomic E-state index is 0.710. The Morgan fingerprint density at radius 3 is 2.47 bits per heavy atom. The number of piperidine rings is 2. The molecule has 0 spiro atoms. The van der Waals surface area contributed by atoms with Gasteiger partial charge in [0, 0.05) is 28.3 Å². The topological polar surface area (TPSA) is 15.3 Å². The SMILES string of the molecule is CNC1CC2CCCC(C1)N2c1ccc(Br)cc1C. The van der Waals surface area contributed by atoms with E-state index < -0.39 is 0 Å². The molecule has 0 aromatic heterocycles. The molecule has 3 heteroatoms. The molecule has 2 unspecified atom stereocenters. The van der Waals surface area contributed by atoms with Gasteiger partial charge in [-0.05, 0) is 69.8 Å². The largest absolute Gasteiger partial charge is 0.365 e. The van der Waals surface area contributed by atoms with E-state index in [1.54, 1.807) is 0 Å². The van der Waals surface area contributed by atoms with E-state index in [0.29, 0.717) is 6.04 Å². The molecule has 1 aromatic rings. The van der Waals surface area contributed by atoms with Gasteiger partial charge in [0.25, 0.3) is 0 Å². The van der Waals surface area contributed by atoms with Gasteiger partial charge in [0.2, 0.25) is 0 Å². The Morgan fingerprint density at radius 2 is 1.89 bits per heavy atom. The van der Waals surface area contributed by atoms with Crippen LogP contribution in [0.5, 0.6) is 0 Å². The van der Waals surface area contributed by atoms with Gasteiger partial charge in [0.05, 0.1) is 0 Å². The van der Waals surface area contributed by atoms with Crippen LogP contribution in [0.4, 0.5) is 5.69 Å². The Labute approximate surface area is 124 Å². The Morgan fingerprint density at radius 1 is 1.21 bits per heavy atom. The van der Waals surface area contributed by atoms with Crippen molar-refractivity contribution in [1.82, 2.24) is 5.32 Å². The molecule has 0 aliphatic carbocycles. The maximum atomic E-state index is 3.57. The highest BCUT2D eigenvalue weighted by atomic mass is 79.9. The molecule has 3 rings (SSSR count). The molecule has 2 heterocycles. The van der Waals surface area contributed by atoms with Crippen molar-refractivity contribution in [2.45, 2.75) is 57.2 Å². The summed E-state index contributed by atoms with van der Waals surface area (Å²) >= 11 is 3.57. The second kappa shape index (κ2) is 5.45. The number of nitrogens with zero attached hydrogens (tertiary/aromatic N) is 1. The van der Waals surface area contributed by atoms with Gasteiger partial charge >= 0.3 is 0 Å². The quantitative estimate of drug-likeness (QED) is 0.889. The molecular formula is C16H23BrN2. The van der Waals surface area contributed by atoms with Gasteiger partial charge in [-0.1, -0.05) is 15.9 Å². The third-order valence-electron chi connectivity index (χ3n) is 4.82. The lowest BCUT2D eigenvalue weighted by atomic mass is 9.81. The zero-order valence-corrected chi connectivity index (χ0v) is 13.4. The first-order valence-electron chi connectivity index (χ1n) is 7.41. The van der Waals surface area contributed by atoms with Crippen molar-refractivity contribution in [2.24, 2.45) is 0 Å². The monoisotopic (exact) mass is 322 g/mol. The second-order valence-electron chi connectivity index (χ2n) is 6.03. The summed E-state index contributed by atoms with van der Waals surface area (Å²) in [5.41, 5.74) is 2.85. The number of fused-ring (bicyclic) bond motifs is 2. The number of nitrogens with one attached hydrogen (secondary N) is 1. The fourth-order valence-corrected chi connectivity index (χ4v) is 4.39. The van der Waals surface area contributed by atoms with Gasteiger partial charge in [-0.3, -0.25) is 0 Å². The third-order valence-corrected chi connectivity index (χ3v) is 5.31. The van der Waals surface area contributed by atoms with E-state index in [4.69, 9.17) is 0 Å². The number of halogens is 1. The van der Waals surface area contributed by atoms with Crippen LogP contribution in [-0.4, -0.2) is 25.2 Å². The number of benzene rings is 1. The van der Waals surface area contributed by atoms with Crippen LogP contribution < -0.4 is 10.2 Å². The van der Waals surface area contributed by atoms with Crippen LogP contribution in [0, 0.1) is 6.92 Å². The Balaban J connectivity index is 1.91. The van der Waals surface area contributed by atoms with Crippen LogP contribution >= 0.6 is 15.9 Å². The lowest BCUT2D eigenvalue weighted by molar-refractivity contribution is 0.252. The maximum Gasteiger partial charge on any atom is 0.0401 e.